The Kier molecular flexibility index (Phi) is 6.45. The fraction of sp³-hybridized carbons (Fsp3) is 0.818. The minimum atomic E-state index is -1.43. The minimum absolute atomic E-state index is 0.00547. The second-order valence-corrected chi connectivity index (χ2v) is 4.25. The topological polar surface area (TPSA) is 108 Å². The van der Waals surface area contributed by atoms with Crippen molar-refractivity contribution in [2.75, 3.05) is 19.7 Å². The Morgan fingerprint density at radius 1 is 1.33 bits per heavy atom. The van der Waals surface area contributed by atoms with Crippen molar-refractivity contribution in [2.45, 2.75) is 37.9 Å². The van der Waals surface area contributed by atoms with Crippen molar-refractivity contribution in [3.05, 3.63) is 0 Å². The quantitative estimate of drug-likeness (QED) is 0.502. The lowest BCUT2D eigenvalue weighted by molar-refractivity contribution is -0.146. The molecule has 1 fully saturated rings. The largest absolute Gasteiger partial charge is 0.479 e. The van der Waals surface area contributed by atoms with Gasteiger partial charge in [0.25, 0.3) is 0 Å². The summed E-state index contributed by atoms with van der Waals surface area (Å²) in [5.74, 6) is -1.28. The molecule has 0 radical (unpaired) electrons. The van der Waals surface area contributed by atoms with Gasteiger partial charge < -0.3 is 25.6 Å². The molecule has 0 aromatic rings. The van der Waals surface area contributed by atoms with E-state index in [-0.39, 0.29) is 25.1 Å². The summed E-state index contributed by atoms with van der Waals surface area (Å²) >= 11 is 0. The van der Waals surface area contributed by atoms with Crippen molar-refractivity contribution < 1.29 is 24.5 Å². The molecule has 4 N–H and O–H groups in total. The molecule has 0 aromatic heterocycles. The first-order chi connectivity index (χ1) is 8.59. The molecule has 7 nitrogen and oxygen atoms in total. The highest BCUT2D eigenvalue weighted by Gasteiger charge is 2.15. The molecule has 18 heavy (non-hydrogen) atoms. The second-order valence-electron chi connectivity index (χ2n) is 4.25. The van der Waals surface area contributed by atoms with Crippen LogP contribution in [-0.2, 0) is 9.53 Å². The van der Waals surface area contributed by atoms with E-state index < -0.39 is 12.1 Å². The average Bonchev–Trinajstić information content (AvgIpc) is 2.81. The molecule has 2 atom stereocenters. The van der Waals surface area contributed by atoms with Crippen LogP contribution < -0.4 is 10.6 Å². The lowest BCUT2D eigenvalue weighted by atomic mass is 10.2. The van der Waals surface area contributed by atoms with E-state index in [0.29, 0.717) is 6.54 Å². The van der Waals surface area contributed by atoms with Crippen molar-refractivity contribution in [3.63, 3.8) is 0 Å². The van der Waals surface area contributed by atoms with E-state index in [2.05, 4.69) is 10.6 Å². The number of hydrogen-bond acceptors (Lipinski definition) is 4. The van der Waals surface area contributed by atoms with Gasteiger partial charge in [-0.15, -0.1) is 0 Å². The molecule has 0 saturated carbocycles. The van der Waals surface area contributed by atoms with E-state index in [9.17, 15) is 9.59 Å². The number of carbonyl (C=O) groups is 2. The van der Waals surface area contributed by atoms with Crippen molar-refractivity contribution >= 4 is 12.0 Å². The van der Waals surface area contributed by atoms with Gasteiger partial charge in [-0.3, -0.25) is 0 Å². The van der Waals surface area contributed by atoms with Crippen LogP contribution in [0.25, 0.3) is 0 Å². The van der Waals surface area contributed by atoms with E-state index in [1.165, 1.54) is 0 Å². The van der Waals surface area contributed by atoms with Gasteiger partial charge in [-0.25, -0.2) is 9.59 Å². The molecule has 0 bridgehead atoms. The van der Waals surface area contributed by atoms with Gasteiger partial charge in [-0.05, 0) is 19.3 Å². The van der Waals surface area contributed by atoms with Gasteiger partial charge in [0, 0.05) is 26.1 Å². The molecule has 1 aliphatic rings. The summed E-state index contributed by atoms with van der Waals surface area (Å²) in [5.41, 5.74) is 0. The number of hydrogen-bond donors (Lipinski definition) is 4. The Bertz CT molecular complexity index is 279. The molecule has 1 saturated heterocycles. The van der Waals surface area contributed by atoms with E-state index in [1.807, 2.05) is 0 Å². The smallest absolute Gasteiger partial charge is 0.332 e. The molecule has 1 heterocycles. The Balaban J connectivity index is 1.98. The number of nitrogens with one attached hydrogen (secondary N) is 2. The van der Waals surface area contributed by atoms with Gasteiger partial charge in [0.05, 0.1) is 6.10 Å². The number of rotatable bonds is 7. The molecule has 1 aliphatic heterocycles. The molecule has 1 rings (SSSR count). The summed E-state index contributed by atoms with van der Waals surface area (Å²) in [5, 5.41) is 22.5. The van der Waals surface area contributed by atoms with E-state index in [4.69, 9.17) is 14.9 Å². The standard InChI is InChI=1S/C11H20N2O5/c14-9(10(15)16)4-6-13-11(17)12-5-3-8-2-1-7-18-8/h8-9,14H,1-7H2,(H,15,16)(H2,12,13,17). The van der Waals surface area contributed by atoms with E-state index in [0.717, 1.165) is 25.9 Å². The molecule has 7 heteroatoms. The summed E-state index contributed by atoms with van der Waals surface area (Å²) in [7, 11) is 0. The molecule has 104 valence electrons. The zero-order valence-electron chi connectivity index (χ0n) is 10.2. The third-order valence-electron chi connectivity index (χ3n) is 2.76. The van der Waals surface area contributed by atoms with Gasteiger partial charge in [0.15, 0.2) is 6.10 Å². The maximum Gasteiger partial charge on any atom is 0.332 e. The summed E-state index contributed by atoms with van der Waals surface area (Å²) in [6, 6.07) is -0.356. The number of urea groups is 1. The monoisotopic (exact) mass is 260 g/mol. The van der Waals surface area contributed by atoms with Gasteiger partial charge in [-0.2, -0.15) is 0 Å². The maximum atomic E-state index is 11.3. The van der Waals surface area contributed by atoms with Crippen LogP contribution in [0.4, 0.5) is 4.79 Å². The number of ether oxygens (including phenoxy) is 1. The third kappa shape index (κ3) is 5.83. The molecule has 0 spiro atoms. The number of carbonyl (C=O) groups excluding carboxylic acids is 1. The summed E-state index contributed by atoms with van der Waals surface area (Å²) in [6.45, 7) is 1.45. The van der Waals surface area contributed by atoms with Crippen LogP contribution in [0, 0.1) is 0 Å². The average molecular weight is 260 g/mol. The normalized spacial score (nSPS) is 20.4. The van der Waals surface area contributed by atoms with Crippen LogP contribution in [0.5, 0.6) is 0 Å². The maximum absolute atomic E-state index is 11.3. The van der Waals surface area contributed by atoms with Gasteiger partial charge >= 0.3 is 12.0 Å². The van der Waals surface area contributed by atoms with Crippen molar-refractivity contribution in [1.82, 2.24) is 10.6 Å². The van der Waals surface area contributed by atoms with Gasteiger partial charge in [-0.1, -0.05) is 0 Å². The SMILES string of the molecule is O=C(NCCC1CCCO1)NCCC(O)C(=O)O. The molecule has 0 aromatic carbocycles. The molecule has 2 amide bonds. The molecular formula is C11H20N2O5. The fourth-order valence-electron chi connectivity index (χ4n) is 1.73. The fourth-order valence-corrected chi connectivity index (χ4v) is 1.73. The number of aliphatic hydroxyl groups is 1. The van der Waals surface area contributed by atoms with Crippen molar-refractivity contribution in [2.24, 2.45) is 0 Å². The van der Waals surface area contributed by atoms with Crippen LogP contribution in [0.15, 0.2) is 0 Å². The van der Waals surface area contributed by atoms with Crippen LogP contribution in [0.3, 0.4) is 0 Å². The zero-order chi connectivity index (χ0) is 13.4. The van der Waals surface area contributed by atoms with Crippen LogP contribution >= 0.6 is 0 Å². The second kappa shape index (κ2) is 7.88. The van der Waals surface area contributed by atoms with Crippen LogP contribution in [-0.4, -0.2) is 54.1 Å². The number of carboxylic acids is 1. The zero-order valence-corrected chi connectivity index (χ0v) is 10.2. The van der Waals surface area contributed by atoms with E-state index >= 15 is 0 Å². The summed E-state index contributed by atoms with van der Waals surface area (Å²) < 4.78 is 5.40. The van der Waals surface area contributed by atoms with Gasteiger partial charge in [0.2, 0.25) is 0 Å². The van der Waals surface area contributed by atoms with Crippen LogP contribution in [0.1, 0.15) is 25.7 Å². The number of carboxylic acid groups (broad SMARTS) is 1. The molecular weight excluding hydrogens is 240 g/mol. The van der Waals surface area contributed by atoms with Crippen LogP contribution in [0.2, 0.25) is 0 Å². The Morgan fingerprint density at radius 3 is 2.67 bits per heavy atom. The van der Waals surface area contributed by atoms with Gasteiger partial charge in [0.1, 0.15) is 0 Å². The first-order valence-electron chi connectivity index (χ1n) is 6.13. The number of amides is 2. The van der Waals surface area contributed by atoms with Crippen molar-refractivity contribution in [1.29, 1.82) is 0 Å². The lowest BCUT2D eigenvalue weighted by Crippen LogP contribution is -2.38. The molecule has 2 unspecified atom stereocenters. The summed E-state index contributed by atoms with van der Waals surface area (Å²) in [6.07, 6.45) is 1.69. The Labute approximate surface area is 106 Å². The van der Waals surface area contributed by atoms with Crippen molar-refractivity contribution in [3.8, 4) is 0 Å². The first kappa shape index (κ1) is 14.7. The third-order valence-corrected chi connectivity index (χ3v) is 2.76. The predicted octanol–water partition coefficient (Wildman–Crippen LogP) is -0.310. The number of aliphatic carboxylic acids is 1. The number of aliphatic hydroxyl groups excluding tert-OH is 1. The minimum Gasteiger partial charge on any atom is -0.479 e. The lowest BCUT2D eigenvalue weighted by Gasteiger charge is -2.11. The molecule has 0 aliphatic carbocycles. The predicted molar refractivity (Wildman–Crippen MR) is 63.3 cm³/mol. The van der Waals surface area contributed by atoms with E-state index in [1.54, 1.807) is 0 Å². The highest BCUT2D eigenvalue weighted by molar-refractivity contribution is 5.74. The Hall–Kier alpha value is -1.34. The summed E-state index contributed by atoms with van der Waals surface area (Å²) in [4.78, 5) is 21.6. The highest BCUT2D eigenvalue weighted by Crippen LogP contribution is 2.14. The Morgan fingerprint density at radius 2 is 2.06 bits per heavy atom. The first-order valence-corrected chi connectivity index (χ1v) is 6.13. The highest BCUT2D eigenvalue weighted by atomic mass is 16.5.